The summed E-state index contributed by atoms with van der Waals surface area (Å²) in [4.78, 5) is 9.37. The first-order valence-electron chi connectivity index (χ1n) is 9.20. The van der Waals surface area contributed by atoms with Crippen molar-refractivity contribution in [2.75, 3.05) is 19.6 Å². The Bertz CT molecular complexity index is 695. The van der Waals surface area contributed by atoms with Crippen molar-refractivity contribution in [3.63, 3.8) is 0 Å². The first-order chi connectivity index (χ1) is 12.2. The minimum absolute atomic E-state index is 0. The number of thiazole rings is 1. The zero-order valence-electron chi connectivity index (χ0n) is 15.6. The third-order valence-corrected chi connectivity index (χ3v) is 5.68. The van der Waals surface area contributed by atoms with Crippen molar-refractivity contribution in [1.82, 2.24) is 15.6 Å². The van der Waals surface area contributed by atoms with Gasteiger partial charge in [0.1, 0.15) is 0 Å². The molecule has 2 aromatic rings. The second-order valence-electron chi connectivity index (χ2n) is 6.75. The van der Waals surface area contributed by atoms with Crippen LogP contribution < -0.4 is 10.6 Å². The lowest BCUT2D eigenvalue weighted by molar-refractivity contribution is 0.686. The van der Waals surface area contributed by atoms with E-state index in [1.807, 2.05) is 0 Å². The van der Waals surface area contributed by atoms with E-state index in [2.05, 4.69) is 65.2 Å². The van der Waals surface area contributed by atoms with Crippen molar-refractivity contribution in [2.45, 2.75) is 44.9 Å². The SMILES string of the molecule is CCNC(=NCC1(c2ccccc2)CC1)NCCCc1nc(C)cs1.I. The predicted octanol–water partition coefficient (Wildman–Crippen LogP) is 4.29. The van der Waals surface area contributed by atoms with Crippen molar-refractivity contribution in [3.8, 4) is 0 Å². The molecule has 0 bridgehead atoms. The quantitative estimate of drug-likeness (QED) is 0.255. The molecule has 142 valence electrons. The fourth-order valence-electron chi connectivity index (χ4n) is 3.02. The maximum absolute atomic E-state index is 4.85. The van der Waals surface area contributed by atoms with E-state index in [0.717, 1.165) is 44.1 Å². The molecule has 1 fully saturated rings. The van der Waals surface area contributed by atoms with Gasteiger partial charge in [0, 0.05) is 36.0 Å². The molecule has 1 heterocycles. The summed E-state index contributed by atoms with van der Waals surface area (Å²) < 4.78 is 0. The lowest BCUT2D eigenvalue weighted by atomic mass is 9.96. The van der Waals surface area contributed by atoms with Gasteiger partial charge in [-0.25, -0.2) is 4.98 Å². The highest BCUT2D eigenvalue weighted by Crippen LogP contribution is 2.48. The van der Waals surface area contributed by atoms with E-state index in [-0.39, 0.29) is 29.4 Å². The maximum Gasteiger partial charge on any atom is 0.191 e. The summed E-state index contributed by atoms with van der Waals surface area (Å²) in [6.07, 6.45) is 4.58. The Hall–Kier alpha value is -1.15. The van der Waals surface area contributed by atoms with E-state index >= 15 is 0 Å². The predicted molar refractivity (Wildman–Crippen MR) is 122 cm³/mol. The second kappa shape index (κ2) is 10.3. The van der Waals surface area contributed by atoms with Crippen molar-refractivity contribution in [1.29, 1.82) is 0 Å². The van der Waals surface area contributed by atoms with Gasteiger partial charge in [0.15, 0.2) is 5.96 Å². The number of halogens is 1. The van der Waals surface area contributed by atoms with E-state index in [9.17, 15) is 0 Å². The van der Waals surface area contributed by atoms with Gasteiger partial charge in [0.2, 0.25) is 0 Å². The van der Waals surface area contributed by atoms with Crippen LogP contribution in [0.2, 0.25) is 0 Å². The average Bonchev–Trinajstić information content (AvgIpc) is 3.32. The van der Waals surface area contributed by atoms with Gasteiger partial charge in [-0.1, -0.05) is 30.3 Å². The Morgan fingerprint density at radius 1 is 1.23 bits per heavy atom. The molecule has 26 heavy (non-hydrogen) atoms. The summed E-state index contributed by atoms with van der Waals surface area (Å²) in [5, 5.41) is 10.2. The molecule has 0 spiro atoms. The van der Waals surface area contributed by atoms with E-state index in [0.29, 0.717) is 0 Å². The number of rotatable bonds is 8. The number of benzene rings is 1. The lowest BCUT2D eigenvalue weighted by Crippen LogP contribution is -2.38. The number of hydrogen-bond donors (Lipinski definition) is 2. The number of hydrogen-bond acceptors (Lipinski definition) is 3. The first kappa shape index (κ1) is 21.2. The highest BCUT2D eigenvalue weighted by molar-refractivity contribution is 14.0. The molecule has 0 unspecified atom stereocenters. The Labute approximate surface area is 177 Å². The lowest BCUT2D eigenvalue weighted by Gasteiger charge is -2.16. The fraction of sp³-hybridized carbons (Fsp3) is 0.500. The Morgan fingerprint density at radius 2 is 2.00 bits per heavy atom. The zero-order chi connectivity index (χ0) is 17.5. The summed E-state index contributed by atoms with van der Waals surface area (Å²) in [5.74, 6) is 0.931. The topological polar surface area (TPSA) is 49.3 Å². The van der Waals surface area contributed by atoms with Crippen LogP contribution in [0, 0.1) is 6.92 Å². The monoisotopic (exact) mass is 484 g/mol. The highest BCUT2D eigenvalue weighted by atomic mass is 127. The van der Waals surface area contributed by atoms with Crippen LogP contribution in [0.1, 0.15) is 42.5 Å². The van der Waals surface area contributed by atoms with Crippen LogP contribution in [0.4, 0.5) is 0 Å². The van der Waals surface area contributed by atoms with Gasteiger partial charge in [0.05, 0.1) is 11.6 Å². The van der Waals surface area contributed by atoms with Crippen LogP contribution in [0.3, 0.4) is 0 Å². The van der Waals surface area contributed by atoms with Gasteiger partial charge in [-0.15, -0.1) is 35.3 Å². The molecule has 2 N–H and O–H groups in total. The van der Waals surface area contributed by atoms with Crippen molar-refractivity contribution < 1.29 is 0 Å². The molecule has 1 aromatic heterocycles. The van der Waals surface area contributed by atoms with E-state index < -0.39 is 0 Å². The minimum atomic E-state index is 0. The van der Waals surface area contributed by atoms with Crippen LogP contribution >= 0.6 is 35.3 Å². The van der Waals surface area contributed by atoms with Crippen LogP contribution in [-0.2, 0) is 11.8 Å². The van der Waals surface area contributed by atoms with E-state index in [1.54, 1.807) is 11.3 Å². The Balaban J connectivity index is 0.00000243. The summed E-state index contributed by atoms with van der Waals surface area (Å²) in [6.45, 7) is 6.82. The fourth-order valence-corrected chi connectivity index (χ4v) is 3.83. The van der Waals surface area contributed by atoms with Gasteiger partial charge in [0.25, 0.3) is 0 Å². The summed E-state index contributed by atoms with van der Waals surface area (Å²) in [6, 6.07) is 10.8. The normalized spacial score (nSPS) is 15.2. The molecule has 0 aliphatic heterocycles. The third kappa shape index (κ3) is 5.94. The smallest absolute Gasteiger partial charge is 0.191 e. The molecule has 0 radical (unpaired) electrons. The van der Waals surface area contributed by atoms with Crippen LogP contribution in [0.25, 0.3) is 0 Å². The van der Waals surface area contributed by atoms with Crippen molar-refractivity contribution in [3.05, 3.63) is 52.0 Å². The molecular formula is C20H29IN4S. The Morgan fingerprint density at radius 3 is 2.62 bits per heavy atom. The Kier molecular flexibility index (Phi) is 8.34. The van der Waals surface area contributed by atoms with Crippen molar-refractivity contribution in [2.24, 2.45) is 4.99 Å². The van der Waals surface area contributed by atoms with Crippen molar-refractivity contribution >= 4 is 41.3 Å². The number of guanidine groups is 1. The van der Waals surface area contributed by atoms with Crippen LogP contribution in [-0.4, -0.2) is 30.6 Å². The molecule has 6 heteroatoms. The summed E-state index contributed by atoms with van der Waals surface area (Å²) in [7, 11) is 0. The maximum atomic E-state index is 4.85. The van der Waals surface area contributed by atoms with Gasteiger partial charge < -0.3 is 10.6 Å². The molecule has 4 nitrogen and oxygen atoms in total. The standard InChI is InChI=1S/C20H28N4S.HI/c1-3-21-19(22-13-7-10-18-24-16(2)14-25-18)23-15-20(11-12-20)17-8-5-4-6-9-17;/h4-6,8-9,14H,3,7,10-13,15H2,1-2H3,(H2,21,22,23);1H. The highest BCUT2D eigenvalue weighted by Gasteiger charge is 2.43. The van der Waals surface area contributed by atoms with Gasteiger partial charge in [-0.2, -0.15) is 0 Å². The molecular weight excluding hydrogens is 455 g/mol. The molecule has 1 aliphatic carbocycles. The molecule has 1 aliphatic rings. The molecule has 1 saturated carbocycles. The molecule has 0 atom stereocenters. The molecule has 3 rings (SSSR count). The molecule has 0 saturated heterocycles. The number of nitrogens with one attached hydrogen (secondary N) is 2. The first-order valence-corrected chi connectivity index (χ1v) is 10.1. The van der Waals surface area contributed by atoms with Gasteiger partial charge in [-0.3, -0.25) is 4.99 Å². The van der Waals surface area contributed by atoms with Gasteiger partial charge in [-0.05, 0) is 38.7 Å². The second-order valence-corrected chi connectivity index (χ2v) is 7.70. The zero-order valence-corrected chi connectivity index (χ0v) is 18.8. The third-order valence-electron chi connectivity index (χ3n) is 4.65. The molecule has 1 aromatic carbocycles. The minimum Gasteiger partial charge on any atom is -0.357 e. The number of aromatic nitrogens is 1. The number of aryl methyl sites for hydroxylation is 2. The number of nitrogens with zero attached hydrogens (tertiary/aromatic N) is 2. The van der Waals surface area contributed by atoms with E-state index in [4.69, 9.17) is 4.99 Å². The average molecular weight is 484 g/mol. The largest absolute Gasteiger partial charge is 0.357 e. The van der Waals surface area contributed by atoms with Crippen LogP contribution in [0.15, 0.2) is 40.7 Å². The summed E-state index contributed by atoms with van der Waals surface area (Å²) >= 11 is 1.75. The number of aliphatic imine (C=N–C) groups is 1. The molecule has 0 amide bonds. The van der Waals surface area contributed by atoms with Crippen LogP contribution in [0.5, 0.6) is 0 Å². The van der Waals surface area contributed by atoms with Gasteiger partial charge >= 0.3 is 0 Å². The summed E-state index contributed by atoms with van der Waals surface area (Å²) in [5.41, 5.74) is 2.81. The van der Waals surface area contributed by atoms with E-state index in [1.165, 1.54) is 23.4 Å².